The predicted octanol–water partition coefficient (Wildman–Crippen LogP) is 3.69. The fraction of sp³-hybridized carbons (Fsp3) is 0.267. The monoisotopic (exact) mass is 278 g/mol. The van der Waals surface area contributed by atoms with Crippen molar-refractivity contribution >= 4 is 11.6 Å². The zero-order valence-electron chi connectivity index (χ0n) is 11.0. The first-order chi connectivity index (χ1) is 9.13. The highest BCUT2D eigenvalue weighted by molar-refractivity contribution is 6.31. The van der Waals surface area contributed by atoms with Crippen LogP contribution in [-0.2, 0) is 6.42 Å². The Labute approximate surface area is 117 Å². The third-order valence-electron chi connectivity index (χ3n) is 3.27. The van der Waals surface area contributed by atoms with E-state index in [0.717, 1.165) is 11.1 Å². The van der Waals surface area contributed by atoms with Gasteiger partial charge in [-0.3, -0.25) is 4.98 Å². The van der Waals surface area contributed by atoms with Gasteiger partial charge in [-0.15, -0.1) is 0 Å². The third kappa shape index (κ3) is 3.11. The number of hydrogen-bond donors (Lipinski definition) is 1. The van der Waals surface area contributed by atoms with Gasteiger partial charge in [-0.1, -0.05) is 17.7 Å². The van der Waals surface area contributed by atoms with Gasteiger partial charge in [-0.25, -0.2) is 4.39 Å². The number of pyridine rings is 1. The highest BCUT2D eigenvalue weighted by Crippen LogP contribution is 2.26. The SMILES string of the molecule is CNC(Cc1c(F)cccc1Cl)c1cnccc1C. The highest BCUT2D eigenvalue weighted by atomic mass is 35.5. The molecule has 0 bridgehead atoms. The van der Waals surface area contributed by atoms with Gasteiger partial charge in [0.1, 0.15) is 5.82 Å². The van der Waals surface area contributed by atoms with Crippen LogP contribution >= 0.6 is 11.6 Å². The van der Waals surface area contributed by atoms with Gasteiger partial charge < -0.3 is 5.32 Å². The van der Waals surface area contributed by atoms with Crippen molar-refractivity contribution in [3.8, 4) is 0 Å². The first-order valence-electron chi connectivity index (χ1n) is 6.14. The molecule has 2 rings (SSSR count). The summed E-state index contributed by atoms with van der Waals surface area (Å²) in [5.74, 6) is -0.269. The molecule has 2 nitrogen and oxygen atoms in total. The van der Waals surface area contributed by atoms with Crippen LogP contribution < -0.4 is 5.32 Å². The Hall–Kier alpha value is -1.45. The molecule has 1 heterocycles. The molecule has 0 fully saturated rings. The Balaban J connectivity index is 2.32. The van der Waals surface area contributed by atoms with Crippen molar-refractivity contribution in [1.82, 2.24) is 10.3 Å². The summed E-state index contributed by atoms with van der Waals surface area (Å²) in [6, 6.07) is 6.70. The van der Waals surface area contributed by atoms with E-state index in [-0.39, 0.29) is 11.9 Å². The quantitative estimate of drug-likeness (QED) is 0.923. The number of aromatic nitrogens is 1. The maximum Gasteiger partial charge on any atom is 0.127 e. The number of likely N-dealkylation sites (N-methyl/N-ethyl adjacent to an activating group) is 1. The smallest absolute Gasteiger partial charge is 0.127 e. The van der Waals surface area contributed by atoms with Crippen LogP contribution in [0.3, 0.4) is 0 Å². The van der Waals surface area contributed by atoms with Crippen molar-refractivity contribution in [3.63, 3.8) is 0 Å². The van der Waals surface area contributed by atoms with Crippen molar-refractivity contribution in [2.45, 2.75) is 19.4 Å². The van der Waals surface area contributed by atoms with Gasteiger partial charge >= 0.3 is 0 Å². The van der Waals surface area contributed by atoms with Gasteiger partial charge in [0.2, 0.25) is 0 Å². The molecule has 0 aliphatic rings. The zero-order valence-corrected chi connectivity index (χ0v) is 11.7. The van der Waals surface area contributed by atoms with Gasteiger partial charge in [0.05, 0.1) is 0 Å². The second-order valence-corrected chi connectivity index (χ2v) is 4.89. The average Bonchev–Trinajstić information content (AvgIpc) is 2.40. The molecule has 1 atom stereocenters. The number of benzene rings is 1. The largest absolute Gasteiger partial charge is 0.313 e. The van der Waals surface area contributed by atoms with Crippen LogP contribution in [0.25, 0.3) is 0 Å². The number of nitrogens with zero attached hydrogens (tertiary/aromatic N) is 1. The van der Waals surface area contributed by atoms with E-state index in [0.29, 0.717) is 17.0 Å². The second kappa shape index (κ2) is 6.13. The Morgan fingerprint density at radius 1 is 1.37 bits per heavy atom. The first-order valence-corrected chi connectivity index (χ1v) is 6.52. The first kappa shape index (κ1) is 14.0. The molecule has 4 heteroatoms. The average molecular weight is 279 g/mol. The van der Waals surface area contributed by atoms with Gasteiger partial charge in [-0.2, -0.15) is 0 Å². The van der Waals surface area contributed by atoms with Gasteiger partial charge in [0.25, 0.3) is 0 Å². The molecule has 19 heavy (non-hydrogen) atoms. The van der Waals surface area contributed by atoms with Crippen LogP contribution in [-0.4, -0.2) is 12.0 Å². The number of aryl methyl sites for hydroxylation is 1. The summed E-state index contributed by atoms with van der Waals surface area (Å²) >= 11 is 6.07. The molecule has 0 amide bonds. The lowest BCUT2D eigenvalue weighted by Gasteiger charge is -2.19. The van der Waals surface area contributed by atoms with Gasteiger partial charge in [0.15, 0.2) is 0 Å². The van der Waals surface area contributed by atoms with Crippen molar-refractivity contribution in [2.24, 2.45) is 0 Å². The fourth-order valence-corrected chi connectivity index (χ4v) is 2.38. The van der Waals surface area contributed by atoms with E-state index in [9.17, 15) is 4.39 Å². The second-order valence-electron chi connectivity index (χ2n) is 4.48. The number of hydrogen-bond acceptors (Lipinski definition) is 2. The van der Waals surface area contributed by atoms with E-state index in [1.54, 1.807) is 18.3 Å². The molecule has 0 aliphatic carbocycles. The maximum absolute atomic E-state index is 13.8. The number of halogens is 2. The summed E-state index contributed by atoms with van der Waals surface area (Å²) in [7, 11) is 1.85. The Morgan fingerprint density at radius 3 is 2.79 bits per heavy atom. The Kier molecular flexibility index (Phi) is 4.51. The van der Waals surface area contributed by atoms with E-state index >= 15 is 0 Å². The number of rotatable bonds is 4. The van der Waals surface area contributed by atoms with E-state index in [1.807, 2.05) is 26.2 Å². The number of nitrogens with one attached hydrogen (secondary N) is 1. The molecule has 0 radical (unpaired) electrons. The molecule has 0 spiro atoms. The molecular weight excluding hydrogens is 263 g/mol. The molecule has 100 valence electrons. The fourth-order valence-electron chi connectivity index (χ4n) is 2.14. The summed E-state index contributed by atoms with van der Waals surface area (Å²) in [5.41, 5.74) is 2.72. The molecular formula is C15H16ClFN2. The third-order valence-corrected chi connectivity index (χ3v) is 3.63. The van der Waals surface area contributed by atoms with Gasteiger partial charge in [0, 0.05) is 29.0 Å². The van der Waals surface area contributed by atoms with Gasteiger partial charge in [-0.05, 0) is 49.7 Å². The van der Waals surface area contributed by atoms with Crippen molar-refractivity contribution < 1.29 is 4.39 Å². The summed E-state index contributed by atoms with van der Waals surface area (Å²) in [6.07, 6.45) is 4.06. The van der Waals surface area contributed by atoms with Crippen LogP contribution in [0.1, 0.15) is 22.7 Å². The molecule has 1 N–H and O–H groups in total. The summed E-state index contributed by atoms with van der Waals surface area (Å²) in [5, 5.41) is 3.66. The minimum atomic E-state index is -0.269. The molecule has 1 unspecified atom stereocenters. The van der Waals surface area contributed by atoms with Crippen LogP contribution in [0.4, 0.5) is 4.39 Å². The lowest BCUT2D eigenvalue weighted by atomic mass is 9.97. The molecule has 0 saturated carbocycles. The van der Waals surface area contributed by atoms with Crippen molar-refractivity contribution in [3.05, 3.63) is 64.2 Å². The molecule has 2 aromatic rings. The Bertz CT molecular complexity index is 552. The topological polar surface area (TPSA) is 24.9 Å². The van der Waals surface area contributed by atoms with Crippen molar-refractivity contribution in [1.29, 1.82) is 0 Å². The molecule has 0 aliphatic heterocycles. The van der Waals surface area contributed by atoms with Crippen LogP contribution in [0.2, 0.25) is 5.02 Å². The van der Waals surface area contributed by atoms with E-state index in [4.69, 9.17) is 11.6 Å². The summed E-state index contributed by atoms with van der Waals surface area (Å²) in [6.45, 7) is 2.02. The molecule has 0 saturated heterocycles. The predicted molar refractivity (Wildman–Crippen MR) is 75.9 cm³/mol. The summed E-state index contributed by atoms with van der Waals surface area (Å²) < 4.78 is 13.8. The molecule has 1 aromatic carbocycles. The standard InChI is InChI=1S/C15H16ClFN2/c1-10-6-7-19-9-12(10)15(18-2)8-11-13(16)4-3-5-14(11)17/h3-7,9,15,18H,8H2,1-2H3. The zero-order chi connectivity index (χ0) is 13.8. The minimum Gasteiger partial charge on any atom is -0.313 e. The normalized spacial score (nSPS) is 12.4. The van der Waals surface area contributed by atoms with Crippen LogP contribution in [0, 0.1) is 12.7 Å². The van der Waals surface area contributed by atoms with E-state index in [1.165, 1.54) is 6.07 Å². The van der Waals surface area contributed by atoms with Crippen LogP contribution in [0.5, 0.6) is 0 Å². The van der Waals surface area contributed by atoms with E-state index in [2.05, 4.69) is 10.3 Å². The lowest BCUT2D eigenvalue weighted by Crippen LogP contribution is -2.20. The van der Waals surface area contributed by atoms with Crippen LogP contribution in [0.15, 0.2) is 36.7 Å². The highest BCUT2D eigenvalue weighted by Gasteiger charge is 2.16. The molecule has 1 aromatic heterocycles. The lowest BCUT2D eigenvalue weighted by molar-refractivity contribution is 0.551. The minimum absolute atomic E-state index is 0.0110. The van der Waals surface area contributed by atoms with E-state index < -0.39 is 0 Å². The maximum atomic E-state index is 13.8. The summed E-state index contributed by atoms with van der Waals surface area (Å²) in [4.78, 5) is 4.13. The van der Waals surface area contributed by atoms with Crippen molar-refractivity contribution in [2.75, 3.05) is 7.05 Å². The Morgan fingerprint density at radius 2 is 2.16 bits per heavy atom.